The van der Waals surface area contributed by atoms with E-state index in [4.69, 9.17) is 11.6 Å². The van der Waals surface area contributed by atoms with Crippen LogP contribution in [0.4, 0.5) is 4.39 Å². The number of hydrogen-bond acceptors (Lipinski definition) is 0. The second-order valence-corrected chi connectivity index (χ2v) is 3.35. The van der Waals surface area contributed by atoms with Gasteiger partial charge in [0.2, 0.25) is 0 Å². The highest BCUT2D eigenvalue weighted by Gasteiger charge is 2.06. The third-order valence-corrected chi connectivity index (χ3v) is 2.42. The Kier molecular flexibility index (Phi) is 2.51. The molecule has 0 aliphatic rings. The summed E-state index contributed by atoms with van der Waals surface area (Å²) in [4.78, 5) is 0. The molecular formula is C12H8ClF. The van der Waals surface area contributed by atoms with E-state index in [-0.39, 0.29) is 10.8 Å². The van der Waals surface area contributed by atoms with Gasteiger partial charge in [-0.25, -0.2) is 4.39 Å². The van der Waals surface area contributed by atoms with Crippen LogP contribution >= 0.6 is 11.6 Å². The molecule has 0 N–H and O–H groups in total. The highest BCUT2D eigenvalue weighted by Crippen LogP contribution is 2.29. The Hall–Kier alpha value is -1.34. The Labute approximate surface area is 87.0 Å². The van der Waals surface area contributed by atoms with Gasteiger partial charge >= 0.3 is 0 Å². The van der Waals surface area contributed by atoms with Gasteiger partial charge in [0.05, 0.1) is 5.02 Å². The third-order valence-electron chi connectivity index (χ3n) is 2.04. The van der Waals surface area contributed by atoms with Crippen molar-refractivity contribution in [3.8, 4) is 11.1 Å². The van der Waals surface area contributed by atoms with Crippen LogP contribution in [0.3, 0.4) is 0 Å². The molecule has 14 heavy (non-hydrogen) atoms. The summed E-state index contributed by atoms with van der Waals surface area (Å²) in [6.07, 6.45) is 0. The first kappa shape index (κ1) is 9.22. The molecule has 0 radical (unpaired) electrons. The number of hydrogen-bond donors (Lipinski definition) is 0. The first-order valence-electron chi connectivity index (χ1n) is 4.28. The Balaban J connectivity index is 2.58. The summed E-state index contributed by atoms with van der Waals surface area (Å²) in [5, 5.41) is 0.179. The summed E-state index contributed by atoms with van der Waals surface area (Å²) >= 11 is 5.85. The molecule has 0 spiro atoms. The van der Waals surface area contributed by atoms with Crippen LogP contribution in [0.25, 0.3) is 11.1 Å². The SMILES string of the molecule is Fc1cccc(-c2ccccc2)c1Cl. The zero-order valence-electron chi connectivity index (χ0n) is 7.37. The van der Waals surface area contributed by atoms with Crippen LogP contribution in [-0.2, 0) is 0 Å². The van der Waals surface area contributed by atoms with E-state index in [1.165, 1.54) is 6.07 Å². The summed E-state index contributed by atoms with van der Waals surface area (Å²) in [5.74, 6) is -0.381. The van der Waals surface area contributed by atoms with E-state index >= 15 is 0 Å². The minimum atomic E-state index is -0.381. The van der Waals surface area contributed by atoms with Crippen molar-refractivity contribution in [2.45, 2.75) is 0 Å². The average molecular weight is 207 g/mol. The van der Waals surface area contributed by atoms with Crippen LogP contribution in [0.15, 0.2) is 48.5 Å². The molecule has 2 rings (SSSR count). The highest BCUT2D eigenvalue weighted by molar-refractivity contribution is 6.33. The molecule has 0 bridgehead atoms. The van der Waals surface area contributed by atoms with Gasteiger partial charge in [0.15, 0.2) is 0 Å². The molecular weight excluding hydrogens is 199 g/mol. The van der Waals surface area contributed by atoms with Crippen molar-refractivity contribution in [3.05, 3.63) is 59.4 Å². The van der Waals surface area contributed by atoms with Gasteiger partial charge < -0.3 is 0 Å². The second-order valence-electron chi connectivity index (χ2n) is 2.97. The fraction of sp³-hybridized carbons (Fsp3) is 0. The van der Waals surface area contributed by atoms with Gasteiger partial charge in [-0.2, -0.15) is 0 Å². The van der Waals surface area contributed by atoms with E-state index in [0.29, 0.717) is 0 Å². The standard InChI is InChI=1S/C12H8ClF/c13-12-10(7-4-8-11(12)14)9-5-2-1-3-6-9/h1-8H. The van der Waals surface area contributed by atoms with E-state index in [0.717, 1.165) is 11.1 Å². The van der Waals surface area contributed by atoms with Crippen molar-refractivity contribution in [3.63, 3.8) is 0 Å². The van der Waals surface area contributed by atoms with Crippen molar-refractivity contribution < 1.29 is 4.39 Å². The third kappa shape index (κ3) is 1.64. The smallest absolute Gasteiger partial charge is 0.142 e. The lowest BCUT2D eigenvalue weighted by Gasteiger charge is -2.04. The maximum absolute atomic E-state index is 13.1. The molecule has 0 aliphatic carbocycles. The lowest BCUT2D eigenvalue weighted by Crippen LogP contribution is -1.82. The van der Waals surface area contributed by atoms with Gasteiger partial charge in [0.1, 0.15) is 5.82 Å². The lowest BCUT2D eigenvalue weighted by molar-refractivity contribution is 0.629. The van der Waals surface area contributed by atoms with Crippen molar-refractivity contribution in [1.82, 2.24) is 0 Å². The molecule has 0 saturated heterocycles. The highest BCUT2D eigenvalue weighted by atomic mass is 35.5. The van der Waals surface area contributed by atoms with Gasteiger partial charge in [-0.15, -0.1) is 0 Å². The normalized spacial score (nSPS) is 10.1. The molecule has 2 heteroatoms. The molecule has 0 unspecified atom stereocenters. The van der Waals surface area contributed by atoms with E-state index in [1.807, 2.05) is 30.3 Å². The minimum absolute atomic E-state index is 0.179. The number of rotatable bonds is 1. The molecule has 0 aromatic heterocycles. The Morgan fingerprint density at radius 1 is 0.857 bits per heavy atom. The van der Waals surface area contributed by atoms with Crippen LogP contribution < -0.4 is 0 Å². The van der Waals surface area contributed by atoms with Gasteiger partial charge in [-0.3, -0.25) is 0 Å². The van der Waals surface area contributed by atoms with Gasteiger partial charge in [-0.1, -0.05) is 54.1 Å². The summed E-state index contributed by atoms with van der Waals surface area (Å²) in [7, 11) is 0. The predicted octanol–water partition coefficient (Wildman–Crippen LogP) is 4.15. The van der Waals surface area contributed by atoms with Crippen LogP contribution in [0.2, 0.25) is 5.02 Å². The molecule has 0 atom stereocenters. The van der Waals surface area contributed by atoms with E-state index in [1.54, 1.807) is 12.1 Å². The molecule has 0 heterocycles. The zero-order valence-corrected chi connectivity index (χ0v) is 8.13. The maximum atomic E-state index is 13.1. The number of benzene rings is 2. The zero-order chi connectivity index (χ0) is 9.97. The van der Waals surface area contributed by atoms with Crippen LogP contribution in [-0.4, -0.2) is 0 Å². The first-order valence-corrected chi connectivity index (χ1v) is 4.66. The maximum Gasteiger partial charge on any atom is 0.142 e. The molecule has 2 aromatic carbocycles. The lowest BCUT2D eigenvalue weighted by atomic mass is 10.1. The minimum Gasteiger partial charge on any atom is -0.205 e. The van der Waals surface area contributed by atoms with Crippen LogP contribution in [0, 0.1) is 5.82 Å². The van der Waals surface area contributed by atoms with E-state index in [9.17, 15) is 4.39 Å². The summed E-state index contributed by atoms with van der Waals surface area (Å²) < 4.78 is 13.1. The molecule has 0 amide bonds. The van der Waals surface area contributed by atoms with Gasteiger partial charge in [0.25, 0.3) is 0 Å². The molecule has 0 saturated carbocycles. The van der Waals surface area contributed by atoms with Gasteiger partial charge in [-0.05, 0) is 11.6 Å². The summed E-state index contributed by atoms with van der Waals surface area (Å²) in [6, 6.07) is 14.3. The predicted molar refractivity (Wildman–Crippen MR) is 56.8 cm³/mol. The molecule has 2 aromatic rings. The average Bonchev–Trinajstić information content (AvgIpc) is 2.23. The largest absolute Gasteiger partial charge is 0.205 e. The quantitative estimate of drug-likeness (QED) is 0.658. The molecule has 0 nitrogen and oxygen atoms in total. The first-order chi connectivity index (χ1) is 6.79. The Morgan fingerprint density at radius 3 is 2.29 bits per heavy atom. The molecule has 0 fully saturated rings. The van der Waals surface area contributed by atoms with Crippen LogP contribution in [0.5, 0.6) is 0 Å². The van der Waals surface area contributed by atoms with Crippen LogP contribution in [0.1, 0.15) is 0 Å². The van der Waals surface area contributed by atoms with Crippen molar-refractivity contribution in [2.24, 2.45) is 0 Å². The van der Waals surface area contributed by atoms with E-state index < -0.39 is 0 Å². The van der Waals surface area contributed by atoms with E-state index in [2.05, 4.69) is 0 Å². The van der Waals surface area contributed by atoms with Crippen molar-refractivity contribution >= 4 is 11.6 Å². The van der Waals surface area contributed by atoms with Gasteiger partial charge in [0, 0.05) is 5.56 Å². The number of halogens is 2. The second kappa shape index (κ2) is 3.81. The fourth-order valence-corrected chi connectivity index (χ4v) is 1.58. The Morgan fingerprint density at radius 2 is 1.57 bits per heavy atom. The van der Waals surface area contributed by atoms with Crippen molar-refractivity contribution in [1.29, 1.82) is 0 Å². The molecule has 0 aliphatic heterocycles. The summed E-state index contributed by atoms with van der Waals surface area (Å²) in [6.45, 7) is 0. The topological polar surface area (TPSA) is 0 Å². The van der Waals surface area contributed by atoms with Crippen molar-refractivity contribution in [2.75, 3.05) is 0 Å². The fourth-order valence-electron chi connectivity index (χ4n) is 1.34. The summed E-state index contributed by atoms with van der Waals surface area (Å²) in [5.41, 5.74) is 1.66. The Bertz CT molecular complexity index is 437. The monoisotopic (exact) mass is 206 g/mol. The molecule has 70 valence electrons.